The smallest absolute Gasteiger partial charge is 0.228 e. The summed E-state index contributed by atoms with van der Waals surface area (Å²) >= 11 is 0. The van der Waals surface area contributed by atoms with E-state index in [0.717, 1.165) is 24.0 Å². The third kappa shape index (κ3) is 3.22. The number of aromatic nitrogens is 5. The van der Waals surface area contributed by atoms with Crippen molar-refractivity contribution in [2.24, 2.45) is 5.92 Å². The number of nitrogens with one attached hydrogen (secondary N) is 1. The van der Waals surface area contributed by atoms with Crippen LogP contribution in [0.15, 0.2) is 60.7 Å². The van der Waals surface area contributed by atoms with Gasteiger partial charge in [-0.1, -0.05) is 65.9 Å². The van der Waals surface area contributed by atoms with Crippen molar-refractivity contribution in [3.63, 3.8) is 0 Å². The zero-order valence-corrected chi connectivity index (χ0v) is 15.1. The normalized spacial score (nSPS) is 13.6. The van der Waals surface area contributed by atoms with Gasteiger partial charge in [0.2, 0.25) is 5.91 Å². The number of anilines is 1. The van der Waals surface area contributed by atoms with Gasteiger partial charge in [0, 0.05) is 11.5 Å². The second kappa shape index (κ2) is 6.84. The van der Waals surface area contributed by atoms with Crippen LogP contribution in [0.3, 0.4) is 0 Å². The molecule has 1 N–H and O–H groups in total. The van der Waals surface area contributed by atoms with E-state index in [1.54, 1.807) is 4.68 Å². The van der Waals surface area contributed by atoms with Crippen LogP contribution in [0.2, 0.25) is 0 Å². The Morgan fingerprint density at radius 2 is 1.71 bits per heavy atom. The van der Waals surface area contributed by atoms with Gasteiger partial charge >= 0.3 is 0 Å². The Hall–Kier alpha value is -3.61. The van der Waals surface area contributed by atoms with Crippen LogP contribution in [0.5, 0.6) is 0 Å². The fourth-order valence-corrected chi connectivity index (χ4v) is 3.09. The summed E-state index contributed by atoms with van der Waals surface area (Å²) in [6.07, 6.45) is 1.85. The monoisotopic (exact) mass is 370 g/mol. The average Bonchev–Trinajstić information content (AvgIpc) is 3.52. The molecule has 0 saturated heterocycles. The minimum atomic E-state index is -0.0170. The van der Waals surface area contributed by atoms with Gasteiger partial charge in [-0.25, -0.2) is 14.6 Å². The molecule has 0 radical (unpaired) electrons. The molecule has 5 rings (SSSR count). The molecule has 138 valence electrons. The maximum absolute atomic E-state index is 12.3. The van der Waals surface area contributed by atoms with Crippen molar-refractivity contribution in [2.45, 2.75) is 19.4 Å². The maximum atomic E-state index is 12.3. The topological polar surface area (TPSA) is 85.6 Å². The van der Waals surface area contributed by atoms with Gasteiger partial charge in [-0.05, 0) is 18.4 Å². The fraction of sp³-hybridized carbons (Fsp3) is 0.190. The van der Waals surface area contributed by atoms with Crippen LogP contribution in [0.25, 0.3) is 22.6 Å². The standard InChI is InChI=1S/C21H18N6O/c28-21(16-11-12-16)24-19-17-20(23-18(22-19)15-9-5-2-6-10-15)27(26-25-17)13-14-7-3-1-4-8-14/h1-10,16H,11-13H2,(H,22,23,24,28). The van der Waals surface area contributed by atoms with Crippen molar-refractivity contribution in [1.29, 1.82) is 0 Å². The molecule has 1 saturated carbocycles. The summed E-state index contributed by atoms with van der Waals surface area (Å²) in [5.41, 5.74) is 3.07. The van der Waals surface area contributed by atoms with Crippen molar-refractivity contribution in [2.75, 3.05) is 5.32 Å². The number of benzene rings is 2. The molecule has 2 aromatic heterocycles. The van der Waals surface area contributed by atoms with Gasteiger partial charge in [0.15, 0.2) is 22.8 Å². The number of amides is 1. The van der Waals surface area contributed by atoms with Gasteiger partial charge in [0.05, 0.1) is 6.54 Å². The van der Waals surface area contributed by atoms with Crippen molar-refractivity contribution in [3.8, 4) is 11.4 Å². The van der Waals surface area contributed by atoms with Gasteiger partial charge in [-0.15, -0.1) is 5.10 Å². The molecule has 0 atom stereocenters. The Balaban J connectivity index is 1.61. The highest BCUT2D eigenvalue weighted by atomic mass is 16.2. The molecular formula is C21H18N6O. The van der Waals surface area contributed by atoms with E-state index in [1.807, 2.05) is 60.7 Å². The van der Waals surface area contributed by atoms with Crippen molar-refractivity contribution >= 4 is 22.9 Å². The Morgan fingerprint density at radius 1 is 1.00 bits per heavy atom. The van der Waals surface area contributed by atoms with Gasteiger partial charge in [0.25, 0.3) is 0 Å². The summed E-state index contributed by atoms with van der Waals surface area (Å²) in [6, 6.07) is 19.7. The minimum Gasteiger partial charge on any atom is -0.308 e. The lowest BCUT2D eigenvalue weighted by molar-refractivity contribution is -0.117. The van der Waals surface area contributed by atoms with Gasteiger partial charge in [-0.3, -0.25) is 4.79 Å². The molecule has 7 heteroatoms. The molecule has 7 nitrogen and oxygen atoms in total. The van der Waals surface area contributed by atoms with E-state index in [9.17, 15) is 4.79 Å². The molecule has 0 unspecified atom stereocenters. The highest BCUT2D eigenvalue weighted by Gasteiger charge is 2.31. The number of carbonyl (C=O) groups is 1. The van der Waals surface area contributed by atoms with Crippen LogP contribution in [0, 0.1) is 5.92 Å². The van der Waals surface area contributed by atoms with Gasteiger partial charge in [-0.2, -0.15) is 0 Å². The van der Waals surface area contributed by atoms with Crippen LogP contribution < -0.4 is 5.32 Å². The summed E-state index contributed by atoms with van der Waals surface area (Å²) in [4.78, 5) is 21.6. The van der Waals surface area contributed by atoms with Gasteiger partial charge in [0.1, 0.15) is 0 Å². The summed E-state index contributed by atoms with van der Waals surface area (Å²) in [5.74, 6) is 1.01. The Morgan fingerprint density at radius 3 is 2.43 bits per heavy atom. The highest BCUT2D eigenvalue weighted by Crippen LogP contribution is 2.31. The lowest BCUT2D eigenvalue weighted by atomic mass is 10.2. The number of rotatable bonds is 5. The molecule has 4 aromatic rings. The van der Waals surface area contributed by atoms with E-state index in [-0.39, 0.29) is 11.8 Å². The number of carbonyl (C=O) groups excluding carboxylic acids is 1. The van der Waals surface area contributed by atoms with Crippen molar-refractivity contribution in [1.82, 2.24) is 25.0 Å². The van der Waals surface area contributed by atoms with Crippen LogP contribution in [0.1, 0.15) is 18.4 Å². The Labute approximate surface area is 161 Å². The van der Waals surface area contributed by atoms with Crippen molar-refractivity contribution in [3.05, 3.63) is 66.2 Å². The third-order valence-electron chi connectivity index (χ3n) is 4.76. The quantitative estimate of drug-likeness (QED) is 0.583. The number of hydrogen-bond donors (Lipinski definition) is 1. The molecule has 1 aliphatic rings. The second-order valence-corrected chi connectivity index (χ2v) is 6.93. The molecule has 28 heavy (non-hydrogen) atoms. The van der Waals surface area contributed by atoms with E-state index in [2.05, 4.69) is 20.6 Å². The van der Waals surface area contributed by atoms with Crippen LogP contribution in [-0.4, -0.2) is 30.9 Å². The second-order valence-electron chi connectivity index (χ2n) is 6.93. The zero-order chi connectivity index (χ0) is 18.9. The molecule has 0 spiro atoms. The number of nitrogens with zero attached hydrogens (tertiary/aromatic N) is 5. The van der Waals surface area contributed by atoms with Crippen molar-refractivity contribution < 1.29 is 4.79 Å². The predicted octanol–water partition coefficient (Wildman–Crippen LogP) is 3.29. The van der Waals surface area contributed by atoms with Gasteiger partial charge < -0.3 is 5.32 Å². The molecule has 1 amide bonds. The average molecular weight is 370 g/mol. The summed E-state index contributed by atoms with van der Waals surface area (Å²) in [7, 11) is 0. The first-order chi connectivity index (χ1) is 13.8. The highest BCUT2D eigenvalue weighted by molar-refractivity contribution is 5.99. The fourth-order valence-electron chi connectivity index (χ4n) is 3.09. The van der Waals surface area contributed by atoms with E-state index in [1.165, 1.54) is 0 Å². The van der Waals surface area contributed by atoms with Crippen LogP contribution in [-0.2, 0) is 11.3 Å². The molecule has 1 aliphatic carbocycles. The number of fused-ring (bicyclic) bond motifs is 1. The summed E-state index contributed by atoms with van der Waals surface area (Å²) in [6.45, 7) is 0.540. The Bertz CT molecular complexity index is 1140. The largest absolute Gasteiger partial charge is 0.308 e. The summed E-state index contributed by atoms with van der Waals surface area (Å²) in [5, 5.41) is 11.5. The first-order valence-corrected chi connectivity index (χ1v) is 9.29. The first kappa shape index (κ1) is 16.6. The van der Waals surface area contributed by atoms with E-state index in [4.69, 9.17) is 4.98 Å². The lowest BCUT2D eigenvalue weighted by Crippen LogP contribution is -2.15. The SMILES string of the molecule is O=C(Nc1nc(-c2ccccc2)nc2c1nnn2Cc1ccccc1)C1CC1. The zero-order valence-electron chi connectivity index (χ0n) is 15.1. The minimum absolute atomic E-state index is 0.0170. The maximum Gasteiger partial charge on any atom is 0.228 e. The van der Waals surface area contributed by atoms with E-state index < -0.39 is 0 Å². The molecular weight excluding hydrogens is 352 g/mol. The first-order valence-electron chi connectivity index (χ1n) is 9.29. The summed E-state index contributed by atoms with van der Waals surface area (Å²) < 4.78 is 1.74. The molecule has 0 aliphatic heterocycles. The van der Waals surface area contributed by atoms with E-state index in [0.29, 0.717) is 29.4 Å². The van der Waals surface area contributed by atoms with Crippen LogP contribution >= 0.6 is 0 Å². The molecule has 2 aromatic carbocycles. The van der Waals surface area contributed by atoms with Crippen LogP contribution in [0.4, 0.5) is 5.82 Å². The lowest BCUT2D eigenvalue weighted by Gasteiger charge is -2.08. The predicted molar refractivity (Wildman–Crippen MR) is 105 cm³/mol. The van der Waals surface area contributed by atoms with E-state index >= 15 is 0 Å². The molecule has 0 bridgehead atoms. The molecule has 2 heterocycles. The molecule has 1 fully saturated rings. The number of hydrogen-bond acceptors (Lipinski definition) is 5. The Kier molecular flexibility index (Phi) is 4.05. The third-order valence-corrected chi connectivity index (χ3v) is 4.76.